The number of sulfonamides is 1. The van der Waals surface area contributed by atoms with Gasteiger partial charge in [0.2, 0.25) is 0 Å². The molecular formula is C30H36N6O8S. The number of aliphatic hydroxyl groups is 1. The lowest BCUT2D eigenvalue weighted by Crippen LogP contribution is -2.40. The molecule has 14 nitrogen and oxygen atoms in total. The standard InChI is InChI=1S/C30H36N6O8S/c1-3-4-14-32-30(40)33-20-5-7-22(8-6-20)36-45(41,42)23-11-9-21(10-12-23)34-35-27-26(19-43-2)25(18-31)28(38)24(29(27)39)13-16-44-17-15-37/h5-12,24,34,36-37H,3-4,13-17,19H2,1-2H3,(H2,32,33,40). The molecule has 1 aliphatic rings. The summed E-state index contributed by atoms with van der Waals surface area (Å²) in [4.78, 5) is 38.0. The van der Waals surface area contributed by atoms with Gasteiger partial charge in [-0.3, -0.25) is 19.7 Å². The largest absolute Gasteiger partial charge is 0.394 e. The fraction of sp³-hybridized carbons (Fsp3) is 0.367. The highest BCUT2D eigenvalue weighted by Crippen LogP contribution is 2.26. The van der Waals surface area contributed by atoms with Gasteiger partial charge in [-0.1, -0.05) is 13.3 Å². The molecule has 2 aromatic carbocycles. The number of anilines is 3. The van der Waals surface area contributed by atoms with E-state index >= 15 is 0 Å². The van der Waals surface area contributed by atoms with Crippen LogP contribution in [0.15, 0.2) is 69.7 Å². The van der Waals surface area contributed by atoms with Crippen molar-refractivity contribution in [2.45, 2.75) is 31.1 Å². The van der Waals surface area contributed by atoms with Crippen molar-refractivity contribution in [3.8, 4) is 6.07 Å². The van der Waals surface area contributed by atoms with Crippen LogP contribution in [0.2, 0.25) is 0 Å². The minimum absolute atomic E-state index is 0.00466. The Morgan fingerprint density at radius 3 is 2.31 bits per heavy atom. The van der Waals surface area contributed by atoms with Crippen molar-refractivity contribution in [2.75, 3.05) is 55.5 Å². The van der Waals surface area contributed by atoms with Crippen LogP contribution in [0.25, 0.3) is 0 Å². The van der Waals surface area contributed by atoms with Gasteiger partial charge in [0.15, 0.2) is 11.6 Å². The number of hydrogen-bond donors (Lipinski definition) is 5. The van der Waals surface area contributed by atoms with Crippen molar-refractivity contribution >= 4 is 50.4 Å². The number of ketones is 2. The maximum Gasteiger partial charge on any atom is 0.319 e. The van der Waals surface area contributed by atoms with Crippen molar-refractivity contribution < 1.29 is 37.4 Å². The Kier molecular flexibility index (Phi) is 13.2. The summed E-state index contributed by atoms with van der Waals surface area (Å²) in [6, 6.07) is 13.2. The number of urea groups is 1. The van der Waals surface area contributed by atoms with Crippen LogP contribution in [-0.4, -0.2) is 76.9 Å². The highest BCUT2D eigenvalue weighted by atomic mass is 32.2. The normalized spacial score (nSPS) is 16.0. The van der Waals surface area contributed by atoms with Crippen molar-refractivity contribution in [2.24, 2.45) is 11.0 Å². The predicted molar refractivity (Wildman–Crippen MR) is 167 cm³/mol. The van der Waals surface area contributed by atoms with Crippen LogP contribution in [0.3, 0.4) is 0 Å². The topological polar surface area (TPSA) is 208 Å². The highest BCUT2D eigenvalue weighted by Gasteiger charge is 2.40. The molecule has 2 amide bonds. The Morgan fingerprint density at radius 1 is 1.02 bits per heavy atom. The number of ether oxygens (including phenoxy) is 2. The van der Waals surface area contributed by atoms with Gasteiger partial charge in [-0.05, 0) is 61.4 Å². The van der Waals surface area contributed by atoms with Gasteiger partial charge in [-0.15, -0.1) is 0 Å². The van der Waals surface area contributed by atoms with E-state index in [0.29, 0.717) is 17.9 Å². The quantitative estimate of drug-likeness (QED) is 0.103. The molecule has 0 saturated heterocycles. The zero-order valence-electron chi connectivity index (χ0n) is 25.0. The summed E-state index contributed by atoms with van der Waals surface area (Å²) in [6.07, 6.45) is 1.81. The highest BCUT2D eigenvalue weighted by molar-refractivity contribution is 7.92. The Balaban J connectivity index is 1.71. The molecule has 5 N–H and O–H groups in total. The molecule has 0 aliphatic heterocycles. The maximum absolute atomic E-state index is 13.2. The van der Waals surface area contributed by atoms with Gasteiger partial charge in [0.1, 0.15) is 17.4 Å². The van der Waals surface area contributed by atoms with E-state index in [4.69, 9.17) is 14.6 Å². The second-order valence-corrected chi connectivity index (χ2v) is 11.5. The molecule has 0 radical (unpaired) electrons. The number of nitriles is 1. The number of carbonyl (C=O) groups excluding carboxylic acids is 3. The summed E-state index contributed by atoms with van der Waals surface area (Å²) < 4.78 is 38.7. The first-order chi connectivity index (χ1) is 21.6. The van der Waals surface area contributed by atoms with Crippen LogP contribution in [-0.2, 0) is 29.1 Å². The average Bonchev–Trinajstić information content (AvgIpc) is 3.02. The molecule has 45 heavy (non-hydrogen) atoms. The van der Waals surface area contributed by atoms with E-state index in [0.717, 1.165) is 12.8 Å². The molecule has 0 fully saturated rings. The Hall–Kier alpha value is -4.62. The summed E-state index contributed by atoms with van der Waals surface area (Å²) in [6.45, 7) is 2.21. The molecule has 15 heteroatoms. The van der Waals surface area contributed by atoms with Crippen LogP contribution < -0.4 is 20.8 Å². The van der Waals surface area contributed by atoms with Gasteiger partial charge >= 0.3 is 6.03 Å². The van der Waals surface area contributed by atoms with E-state index in [2.05, 4.69) is 25.9 Å². The van der Waals surface area contributed by atoms with Gasteiger partial charge in [0.25, 0.3) is 10.0 Å². The monoisotopic (exact) mass is 640 g/mol. The van der Waals surface area contributed by atoms with E-state index in [-0.39, 0.29) is 66.3 Å². The number of carbonyl (C=O) groups is 3. The summed E-state index contributed by atoms with van der Waals surface area (Å²) >= 11 is 0. The predicted octanol–water partition coefficient (Wildman–Crippen LogP) is 2.81. The zero-order chi connectivity index (χ0) is 32.8. The van der Waals surface area contributed by atoms with E-state index in [1.807, 2.05) is 13.0 Å². The number of aliphatic hydroxyl groups excluding tert-OH is 1. The molecule has 0 bridgehead atoms. The average molecular weight is 641 g/mol. The number of methoxy groups -OCH3 is 1. The van der Waals surface area contributed by atoms with Gasteiger partial charge < -0.3 is 25.2 Å². The maximum atomic E-state index is 13.2. The number of amides is 2. The second-order valence-electron chi connectivity index (χ2n) is 9.82. The molecule has 0 heterocycles. The number of benzene rings is 2. The van der Waals surface area contributed by atoms with E-state index in [1.54, 1.807) is 12.1 Å². The molecular weight excluding hydrogens is 604 g/mol. The first kappa shape index (κ1) is 34.9. The molecule has 1 aliphatic carbocycles. The Bertz CT molecular complexity index is 1560. The Labute approximate surface area is 261 Å². The molecule has 0 saturated carbocycles. The third-order valence-corrected chi connectivity index (χ3v) is 7.96. The number of rotatable bonds is 16. The van der Waals surface area contributed by atoms with Crippen molar-refractivity contribution in [3.63, 3.8) is 0 Å². The lowest BCUT2D eigenvalue weighted by Gasteiger charge is -2.23. The smallest absolute Gasteiger partial charge is 0.319 e. The SMILES string of the molecule is CCCCNC(=O)Nc1ccc(NS(=O)(=O)c2ccc(NN=C3C(=O)C(CCOCCO)C(=O)C(C#N)=C3COC)cc2)cc1. The number of nitrogens with one attached hydrogen (secondary N) is 4. The third kappa shape index (κ3) is 9.68. The van der Waals surface area contributed by atoms with Gasteiger partial charge in [0.05, 0.1) is 36.3 Å². The number of unbranched alkanes of at least 4 members (excludes halogenated alkanes) is 1. The van der Waals surface area contributed by atoms with Crippen molar-refractivity contribution in [1.82, 2.24) is 5.32 Å². The van der Waals surface area contributed by atoms with E-state index in [1.165, 1.54) is 43.5 Å². The first-order valence-electron chi connectivity index (χ1n) is 14.2. The fourth-order valence-corrected chi connectivity index (χ4v) is 5.31. The lowest BCUT2D eigenvalue weighted by molar-refractivity contribution is -0.128. The summed E-state index contributed by atoms with van der Waals surface area (Å²) in [5.74, 6) is -2.46. The summed E-state index contributed by atoms with van der Waals surface area (Å²) in [5.41, 5.74) is 3.45. The minimum atomic E-state index is -3.97. The van der Waals surface area contributed by atoms with E-state index < -0.39 is 27.5 Å². The fourth-order valence-electron chi connectivity index (χ4n) is 4.25. The second kappa shape index (κ2) is 17.0. The Morgan fingerprint density at radius 2 is 1.69 bits per heavy atom. The molecule has 2 aromatic rings. The number of hydrogen-bond acceptors (Lipinski definition) is 11. The van der Waals surface area contributed by atoms with Crippen LogP contribution in [0.1, 0.15) is 26.2 Å². The van der Waals surface area contributed by atoms with Crippen LogP contribution >= 0.6 is 0 Å². The zero-order valence-corrected chi connectivity index (χ0v) is 25.8. The third-order valence-electron chi connectivity index (χ3n) is 6.56. The molecule has 0 aromatic heterocycles. The molecule has 1 atom stereocenters. The lowest BCUT2D eigenvalue weighted by atomic mass is 9.79. The number of hydrazone groups is 1. The van der Waals surface area contributed by atoms with Gasteiger partial charge in [-0.25, -0.2) is 13.2 Å². The van der Waals surface area contributed by atoms with Gasteiger partial charge in [0, 0.05) is 37.2 Å². The number of allylic oxidation sites excluding steroid dienone is 1. The van der Waals surface area contributed by atoms with Crippen LogP contribution in [0.5, 0.6) is 0 Å². The van der Waals surface area contributed by atoms with Crippen molar-refractivity contribution in [3.05, 3.63) is 59.7 Å². The number of Topliss-reactive ketones (excluding diaryl/α,β-unsaturated/α-hetero) is 2. The first-order valence-corrected chi connectivity index (χ1v) is 15.6. The summed E-state index contributed by atoms with van der Waals surface area (Å²) in [7, 11) is -2.62. The summed E-state index contributed by atoms with van der Waals surface area (Å²) in [5, 5.41) is 28.1. The van der Waals surface area contributed by atoms with Gasteiger partial charge in [-0.2, -0.15) is 10.4 Å². The van der Waals surface area contributed by atoms with Crippen LogP contribution in [0, 0.1) is 17.2 Å². The number of nitrogens with zero attached hydrogens (tertiary/aromatic N) is 2. The van der Waals surface area contributed by atoms with Crippen molar-refractivity contribution in [1.29, 1.82) is 5.26 Å². The van der Waals surface area contributed by atoms with E-state index in [9.17, 15) is 28.1 Å². The van der Waals surface area contributed by atoms with Crippen LogP contribution in [0.4, 0.5) is 21.9 Å². The minimum Gasteiger partial charge on any atom is -0.394 e. The molecule has 0 spiro atoms. The molecule has 240 valence electrons. The molecule has 3 rings (SSSR count). The molecule has 1 unspecified atom stereocenters.